The number of carbonyl (C=O) groups excluding carboxylic acids is 1. The third-order valence-corrected chi connectivity index (χ3v) is 6.62. The third-order valence-electron chi connectivity index (χ3n) is 3.94. The second-order valence-electron chi connectivity index (χ2n) is 5.26. The Bertz CT molecular complexity index is 599. The minimum absolute atomic E-state index is 0.0589. The molecule has 0 aromatic heterocycles. The van der Waals surface area contributed by atoms with Gasteiger partial charge < -0.3 is 13.8 Å². The van der Waals surface area contributed by atoms with E-state index in [0.29, 0.717) is 6.42 Å². The Morgan fingerprint density at radius 1 is 1.48 bits per heavy atom. The quantitative estimate of drug-likeness (QED) is 0.459. The maximum absolute atomic E-state index is 12.7. The number of ether oxygens (including phenoxy) is 1. The van der Waals surface area contributed by atoms with Crippen molar-refractivity contribution in [1.82, 2.24) is 0 Å². The van der Waals surface area contributed by atoms with Crippen LogP contribution in [-0.4, -0.2) is 24.3 Å². The van der Waals surface area contributed by atoms with E-state index in [1.807, 2.05) is 30.3 Å². The third kappa shape index (κ3) is 2.35. The molecule has 1 aliphatic carbocycles. The van der Waals surface area contributed by atoms with Gasteiger partial charge in [0.05, 0.1) is 13.2 Å². The van der Waals surface area contributed by atoms with Crippen LogP contribution in [0.15, 0.2) is 43.0 Å². The van der Waals surface area contributed by atoms with Crippen molar-refractivity contribution in [3.05, 3.63) is 48.6 Å². The first kappa shape index (κ1) is 14.5. The fraction of sp³-hybridized carbons (Fsp3) is 0.400. The summed E-state index contributed by atoms with van der Waals surface area (Å²) in [5.74, 6) is -0.544. The van der Waals surface area contributed by atoms with Crippen molar-refractivity contribution in [2.75, 3.05) is 13.2 Å². The Hall–Kier alpha value is -1.42. The summed E-state index contributed by atoms with van der Waals surface area (Å²) in [4.78, 5) is 12.4. The van der Waals surface area contributed by atoms with Crippen LogP contribution in [0.2, 0.25) is 0 Å². The predicted octanol–water partition coefficient (Wildman–Crippen LogP) is 2.91. The fourth-order valence-corrected chi connectivity index (χ4v) is 5.13. The zero-order valence-electron chi connectivity index (χ0n) is 11.6. The van der Waals surface area contributed by atoms with Gasteiger partial charge in [0, 0.05) is 5.92 Å². The molecule has 6 heteroatoms. The predicted molar refractivity (Wildman–Crippen MR) is 76.8 cm³/mol. The summed E-state index contributed by atoms with van der Waals surface area (Å²) in [6.07, 6.45) is 2.00. The van der Waals surface area contributed by atoms with E-state index in [2.05, 4.69) is 6.58 Å². The van der Waals surface area contributed by atoms with Gasteiger partial charge in [0.2, 0.25) is 0 Å². The van der Waals surface area contributed by atoms with E-state index in [9.17, 15) is 9.36 Å². The maximum Gasteiger partial charge on any atom is 0.348 e. The van der Waals surface area contributed by atoms with Gasteiger partial charge in [-0.15, -0.1) is 6.58 Å². The molecule has 5 nitrogen and oxygen atoms in total. The minimum Gasteiger partial charge on any atom is -0.460 e. The molecule has 0 bridgehead atoms. The molecule has 1 saturated carbocycles. The maximum atomic E-state index is 12.7. The van der Waals surface area contributed by atoms with Crippen molar-refractivity contribution < 1.29 is 23.1 Å². The molecule has 1 aromatic carbocycles. The van der Waals surface area contributed by atoms with Gasteiger partial charge in [0.15, 0.2) is 5.16 Å². The van der Waals surface area contributed by atoms with Gasteiger partial charge in [0.25, 0.3) is 0 Å². The number of benzene rings is 1. The summed E-state index contributed by atoms with van der Waals surface area (Å²) in [6.45, 7) is 4.06. The van der Waals surface area contributed by atoms with Crippen molar-refractivity contribution >= 4 is 13.6 Å². The Morgan fingerprint density at radius 3 is 2.90 bits per heavy atom. The number of hydrogen-bond acceptors (Lipinski definition) is 5. The topological polar surface area (TPSA) is 61.8 Å². The van der Waals surface area contributed by atoms with E-state index in [1.54, 1.807) is 0 Å². The van der Waals surface area contributed by atoms with Gasteiger partial charge in [-0.1, -0.05) is 36.4 Å². The van der Waals surface area contributed by atoms with E-state index in [4.69, 9.17) is 13.8 Å². The molecule has 1 heterocycles. The summed E-state index contributed by atoms with van der Waals surface area (Å²) in [6, 6.07) is 9.38. The standard InChI is InChI=1S/C15H17O5P/c1-2-8-19-21(17)15(9-13(15)11-20-21)14(16)18-10-12-6-4-3-5-7-12/h2-7,13H,1,8-11H2/t13-,15-,21+/m1/s1. The highest BCUT2D eigenvalue weighted by molar-refractivity contribution is 7.57. The molecule has 3 atom stereocenters. The van der Waals surface area contributed by atoms with Crippen LogP contribution >= 0.6 is 7.60 Å². The first-order valence-electron chi connectivity index (χ1n) is 6.84. The Balaban J connectivity index is 1.69. The molecule has 1 aromatic rings. The smallest absolute Gasteiger partial charge is 0.348 e. The van der Waals surface area contributed by atoms with Gasteiger partial charge in [-0.25, -0.2) is 0 Å². The number of carbonyl (C=O) groups is 1. The lowest BCUT2D eigenvalue weighted by Gasteiger charge is -2.20. The van der Waals surface area contributed by atoms with Crippen LogP contribution in [0, 0.1) is 5.92 Å². The lowest BCUT2D eigenvalue weighted by atomic mass is 10.2. The van der Waals surface area contributed by atoms with Crippen molar-refractivity contribution in [3.63, 3.8) is 0 Å². The molecule has 3 rings (SSSR count). The Labute approximate surface area is 123 Å². The number of rotatable bonds is 6. The van der Waals surface area contributed by atoms with Gasteiger partial charge >= 0.3 is 13.6 Å². The number of esters is 1. The summed E-state index contributed by atoms with van der Waals surface area (Å²) in [5.41, 5.74) is 0.889. The van der Waals surface area contributed by atoms with Gasteiger partial charge in [-0.3, -0.25) is 9.36 Å². The van der Waals surface area contributed by atoms with E-state index < -0.39 is 18.7 Å². The van der Waals surface area contributed by atoms with Crippen molar-refractivity contribution in [3.8, 4) is 0 Å². The lowest BCUT2D eigenvalue weighted by molar-refractivity contribution is -0.145. The van der Waals surface area contributed by atoms with Crippen LogP contribution in [-0.2, 0) is 29.8 Å². The first-order chi connectivity index (χ1) is 10.1. The van der Waals surface area contributed by atoms with Crippen molar-refractivity contribution in [2.24, 2.45) is 5.92 Å². The molecule has 0 unspecified atom stereocenters. The average molecular weight is 308 g/mol. The van der Waals surface area contributed by atoms with Crippen molar-refractivity contribution in [1.29, 1.82) is 0 Å². The molecule has 0 radical (unpaired) electrons. The molecule has 0 spiro atoms. The van der Waals surface area contributed by atoms with Crippen LogP contribution in [0.1, 0.15) is 12.0 Å². The average Bonchev–Trinajstić information content (AvgIpc) is 3.20. The van der Waals surface area contributed by atoms with Crippen LogP contribution in [0.25, 0.3) is 0 Å². The molecule has 0 amide bonds. The number of hydrogen-bond donors (Lipinski definition) is 0. The largest absolute Gasteiger partial charge is 0.460 e. The first-order valence-corrected chi connectivity index (χ1v) is 8.38. The van der Waals surface area contributed by atoms with Crippen LogP contribution in [0.5, 0.6) is 0 Å². The van der Waals surface area contributed by atoms with E-state index in [-0.39, 0.29) is 25.7 Å². The summed E-state index contributed by atoms with van der Waals surface area (Å²) < 4.78 is 28.6. The van der Waals surface area contributed by atoms with E-state index in [1.165, 1.54) is 6.08 Å². The Morgan fingerprint density at radius 2 is 2.24 bits per heavy atom. The summed E-state index contributed by atoms with van der Waals surface area (Å²) in [5, 5.41) is -1.09. The SMILES string of the molecule is C=CCO[P@]1(=O)OC[C@H]2C[C@]21C(=O)OCc1ccccc1. The van der Waals surface area contributed by atoms with Crippen molar-refractivity contribution in [2.45, 2.75) is 18.2 Å². The zero-order valence-corrected chi connectivity index (χ0v) is 12.5. The molecular weight excluding hydrogens is 291 g/mol. The highest BCUT2D eigenvalue weighted by Crippen LogP contribution is 2.79. The van der Waals surface area contributed by atoms with Gasteiger partial charge in [0.1, 0.15) is 6.61 Å². The number of fused-ring (bicyclic) bond motifs is 1. The molecule has 2 aliphatic rings. The normalized spacial score (nSPS) is 33.2. The van der Waals surface area contributed by atoms with Crippen LogP contribution in [0.4, 0.5) is 0 Å². The highest BCUT2D eigenvalue weighted by Gasteiger charge is 2.78. The van der Waals surface area contributed by atoms with Crippen LogP contribution < -0.4 is 0 Å². The fourth-order valence-electron chi connectivity index (χ4n) is 2.67. The monoisotopic (exact) mass is 308 g/mol. The highest BCUT2D eigenvalue weighted by atomic mass is 31.2. The zero-order chi connectivity index (χ0) is 14.9. The lowest BCUT2D eigenvalue weighted by Crippen LogP contribution is -2.26. The molecular formula is C15H17O5P. The molecule has 1 saturated heterocycles. The molecule has 0 N–H and O–H groups in total. The molecule has 1 aliphatic heterocycles. The Kier molecular flexibility index (Phi) is 3.74. The van der Waals surface area contributed by atoms with E-state index >= 15 is 0 Å². The van der Waals surface area contributed by atoms with Crippen LogP contribution in [0.3, 0.4) is 0 Å². The van der Waals surface area contributed by atoms with Gasteiger partial charge in [-0.05, 0) is 12.0 Å². The summed E-state index contributed by atoms with van der Waals surface area (Å²) >= 11 is 0. The minimum atomic E-state index is -3.46. The molecule has 2 fully saturated rings. The molecule has 21 heavy (non-hydrogen) atoms. The van der Waals surface area contributed by atoms with E-state index in [0.717, 1.165) is 5.56 Å². The second kappa shape index (κ2) is 5.41. The van der Waals surface area contributed by atoms with Gasteiger partial charge in [-0.2, -0.15) is 0 Å². The second-order valence-corrected chi connectivity index (χ2v) is 7.57. The summed E-state index contributed by atoms with van der Waals surface area (Å²) in [7, 11) is -3.46. The molecule has 112 valence electrons.